The van der Waals surface area contributed by atoms with Gasteiger partial charge >= 0.3 is 64.2 Å². The molecular weight excluding hydrogens is 224 g/mol. The monoisotopic (exact) mass is 231 g/mol. The van der Waals surface area contributed by atoms with Gasteiger partial charge in [-0.1, -0.05) is 0 Å². The quantitative estimate of drug-likeness (QED) is 0.504. The van der Waals surface area contributed by atoms with Gasteiger partial charge in [0.1, 0.15) is 0 Å². The van der Waals surface area contributed by atoms with Crippen LogP contribution in [0.5, 0.6) is 0 Å². The summed E-state index contributed by atoms with van der Waals surface area (Å²) in [6.45, 7) is 0. The molecule has 0 aliphatic carbocycles. The fraction of sp³-hybridized carbons (Fsp3) is 0.600. The van der Waals surface area contributed by atoms with Crippen molar-refractivity contribution in [2.45, 2.75) is 18.9 Å². The van der Waals surface area contributed by atoms with Crippen molar-refractivity contribution in [2.75, 3.05) is 0 Å². The fourth-order valence-electron chi connectivity index (χ4n) is 0.397. The van der Waals surface area contributed by atoms with Crippen LogP contribution in [0.25, 0.3) is 0 Å². The maximum Gasteiger partial charge on any atom is 1.00 e. The van der Waals surface area contributed by atoms with E-state index >= 15 is 0 Å². The molecule has 0 unspecified atom stereocenters. The van der Waals surface area contributed by atoms with E-state index in [4.69, 9.17) is 10.8 Å². The molecule has 0 saturated heterocycles. The molecule has 5 nitrogen and oxygen atoms in total. The molecule has 11 heavy (non-hydrogen) atoms. The Morgan fingerprint density at radius 2 is 2.00 bits per heavy atom. The molecule has 0 bridgehead atoms. The molecule has 0 rings (SSSR count). The standard InChI is InChI=1S/C5H9NO4.Rb/c6-3(5(9)10)1-2-4(7)8;/h3H,1-2,6H2,(H,7,8)(H,9,10);/q;+1/p-1/t3-;/m0./s1. The number of carbonyl (C=O) groups excluding carboxylic acids is 1. The number of hydrogen-bond acceptors (Lipinski definition) is 4. The van der Waals surface area contributed by atoms with Gasteiger partial charge in [-0.05, 0) is 6.42 Å². The Labute approximate surface area is 113 Å². The number of carbonyl (C=O) groups is 2. The Morgan fingerprint density at radius 1 is 1.55 bits per heavy atom. The third-order valence-electron chi connectivity index (χ3n) is 0.972. The van der Waals surface area contributed by atoms with Gasteiger partial charge in [0.2, 0.25) is 0 Å². The molecule has 0 aromatic carbocycles. The molecule has 0 aliphatic heterocycles. The fourth-order valence-corrected chi connectivity index (χ4v) is 0.397. The van der Waals surface area contributed by atoms with Gasteiger partial charge in [-0.25, -0.2) is 0 Å². The number of nitrogens with two attached hydrogens (primary N) is 1. The summed E-state index contributed by atoms with van der Waals surface area (Å²) in [5.41, 5.74) is 4.94. The summed E-state index contributed by atoms with van der Waals surface area (Å²) >= 11 is 0. The van der Waals surface area contributed by atoms with Crippen molar-refractivity contribution in [3.8, 4) is 0 Å². The van der Waals surface area contributed by atoms with Crippen LogP contribution in [0, 0.1) is 0 Å². The Morgan fingerprint density at radius 3 is 2.27 bits per heavy atom. The maximum absolute atomic E-state index is 9.88. The predicted molar refractivity (Wildman–Crippen MR) is 29.9 cm³/mol. The summed E-state index contributed by atoms with van der Waals surface area (Å²) in [6, 6.07) is -1.17. The molecule has 0 amide bonds. The molecule has 0 fully saturated rings. The van der Waals surface area contributed by atoms with E-state index in [2.05, 4.69) is 0 Å². The number of carboxylic acids is 2. The minimum absolute atomic E-state index is 0. The predicted octanol–water partition coefficient (Wildman–Crippen LogP) is -5.07. The van der Waals surface area contributed by atoms with Gasteiger partial charge in [-0.3, -0.25) is 4.79 Å². The molecular formula is C5H8NO4Rb. The van der Waals surface area contributed by atoms with Gasteiger partial charge in [0.15, 0.2) is 0 Å². The molecule has 0 saturated carbocycles. The van der Waals surface area contributed by atoms with Crippen LogP contribution >= 0.6 is 0 Å². The van der Waals surface area contributed by atoms with E-state index in [-0.39, 0.29) is 71.0 Å². The van der Waals surface area contributed by atoms with Crippen LogP contribution < -0.4 is 69.0 Å². The third kappa shape index (κ3) is 8.61. The van der Waals surface area contributed by atoms with Crippen LogP contribution in [0.1, 0.15) is 12.8 Å². The van der Waals surface area contributed by atoms with Crippen molar-refractivity contribution >= 4 is 11.9 Å². The van der Waals surface area contributed by atoms with E-state index in [1.165, 1.54) is 0 Å². The molecule has 0 aromatic heterocycles. The zero-order valence-electron chi connectivity index (χ0n) is 6.24. The number of carboxylic acid groups (broad SMARTS) is 2. The van der Waals surface area contributed by atoms with Crippen molar-refractivity contribution in [3.63, 3.8) is 0 Å². The smallest absolute Gasteiger partial charge is 0.548 e. The Hall–Kier alpha value is 0.705. The molecule has 58 valence electrons. The summed E-state index contributed by atoms with van der Waals surface area (Å²) in [6.07, 6.45) is -0.327. The van der Waals surface area contributed by atoms with E-state index < -0.39 is 18.0 Å². The van der Waals surface area contributed by atoms with Crippen molar-refractivity contribution in [2.24, 2.45) is 5.73 Å². The Kier molecular flexibility index (Phi) is 9.53. The van der Waals surface area contributed by atoms with Gasteiger partial charge in [0.25, 0.3) is 0 Å². The number of rotatable bonds is 4. The summed E-state index contributed by atoms with van der Waals surface area (Å²) in [5.74, 6) is -2.47. The number of hydrogen-bond donors (Lipinski definition) is 2. The van der Waals surface area contributed by atoms with Crippen LogP contribution in [0.3, 0.4) is 0 Å². The van der Waals surface area contributed by atoms with Crippen LogP contribution in [-0.4, -0.2) is 23.1 Å². The average Bonchev–Trinajstić information content (AvgIpc) is 1.82. The normalized spacial score (nSPS) is 11.4. The Bertz CT molecular complexity index is 149. The van der Waals surface area contributed by atoms with E-state index in [9.17, 15) is 14.7 Å². The van der Waals surface area contributed by atoms with E-state index in [1.807, 2.05) is 0 Å². The van der Waals surface area contributed by atoms with Crippen LogP contribution in [-0.2, 0) is 9.59 Å². The third-order valence-corrected chi connectivity index (χ3v) is 0.972. The SMILES string of the molecule is N[C@@H](CCC(=O)O)C(=O)[O-].[Rb+]. The second-order valence-electron chi connectivity index (χ2n) is 1.86. The van der Waals surface area contributed by atoms with E-state index in [0.717, 1.165) is 0 Å². The largest absolute Gasteiger partial charge is 1.00 e. The summed E-state index contributed by atoms with van der Waals surface area (Å²) in [4.78, 5) is 19.7. The zero-order valence-corrected chi connectivity index (χ0v) is 11.2. The van der Waals surface area contributed by atoms with Gasteiger partial charge < -0.3 is 20.7 Å². The van der Waals surface area contributed by atoms with Crippen LogP contribution in [0.2, 0.25) is 0 Å². The van der Waals surface area contributed by atoms with Crippen molar-refractivity contribution < 1.29 is 78.0 Å². The molecule has 0 heterocycles. The van der Waals surface area contributed by atoms with Crippen molar-refractivity contribution in [1.82, 2.24) is 0 Å². The summed E-state index contributed by atoms with van der Waals surface area (Å²) < 4.78 is 0. The van der Waals surface area contributed by atoms with Gasteiger partial charge in [-0.2, -0.15) is 0 Å². The first kappa shape index (κ1) is 14.2. The minimum Gasteiger partial charge on any atom is -0.548 e. The maximum atomic E-state index is 9.88. The molecule has 0 spiro atoms. The topological polar surface area (TPSA) is 103 Å². The molecule has 6 heteroatoms. The average molecular weight is 232 g/mol. The molecule has 0 radical (unpaired) electrons. The molecule has 0 aromatic rings. The second kappa shape index (κ2) is 7.36. The first-order valence-corrected chi connectivity index (χ1v) is 2.72. The number of aliphatic carboxylic acids is 2. The van der Waals surface area contributed by atoms with E-state index in [0.29, 0.717) is 0 Å². The van der Waals surface area contributed by atoms with E-state index in [1.54, 1.807) is 0 Å². The molecule has 3 N–H and O–H groups in total. The molecule has 0 aliphatic rings. The zero-order chi connectivity index (χ0) is 8.15. The van der Waals surface area contributed by atoms with Crippen LogP contribution in [0.15, 0.2) is 0 Å². The molecule has 1 atom stereocenters. The van der Waals surface area contributed by atoms with Crippen LogP contribution in [0.4, 0.5) is 0 Å². The Balaban J connectivity index is 0. The first-order chi connectivity index (χ1) is 4.54. The minimum atomic E-state index is -1.42. The van der Waals surface area contributed by atoms with Gasteiger partial charge in [0, 0.05) is 12.5 Å². The second-order valence-corrected chi connectivity index (χ2v) is 1.86. The van der Waals surface area contributed by atoms with Crippen molar-refractivity contribution in [1.29, 1.82) is 0 Å². The van der Waals surface area contributed by atoms with Gasteiger partial charge in [0.05, 0.1) is 5.97 Å². The summed E-state index contributed by atoms with van der Waals surface area (Å²) in [5, 5.41) is 18.0. The van der Waals surface area contributed by atoms with Crippen molar-refractivity contribution in [3.05, 3.63) is 0 Å². The summed E-state index contributed by atoms with van der Waals surface area (Å²) in [7, 11) is 0. The first-order valence-electron chi connectivity index (χ1n) is 2.72. The van der Waals surface area contributed by atoms with Gasteiger partial charge in [-0.15, -0.1) is 0 Å².